The lowest BCUT2D eigenvalue weighted by Gasteiger charge is -2.33. The molecule has 1 aliphatic heterocycles. The first-order valence-electron chi connectivity index (χ1n) is 11.1. The van der Waals surface area contributed by atoms with Gasteiger partial charge in [0.15, 0.2) is 0 Å². The number of halogens is 1. The average molecular weight is 440 g/mol. The third-order valence-corrected chi connectivity index (χ3v) is 5.79. The Morgan fingerprint density at radius 2 is 1.75 bits per heavy atom. The number of nitrogens with two attached hydrogens (primary N) is 1. The van der Waals surface area contributed by atoms with Gasteiger partial charge in [-0.05, 0) is 79.1 Å². The summed E-state index contributed by atoms with van der Waals surface area (Å²) in [5.41, 5.74) is 11.1. The number of carbonyl (C=O) groups excluding carboxylic acids is 2. The Labute approximate surface area is 190 Å². The Hall–Kier alpha value is -2.73. The van der Waals surface area contributed by atoms with Gasteiger partial charge in [0.05, 0.1) is 11.7 Å². The van der Waals surface area contributed by atoms with Gasteiger partial charge >= 0.3 is 0 Å². The molecule has 1 aliphatic rings. The van der Waals surface area contributed by atoms with Gasteiger partial charge in [-0.2, -0.15) is 0 Å². The molecular formula is C26H34FN3O2. The number of carbonyl (C=O) groups is 2. The molecule has 0 bridgehead atoms. The fourth-order valence-electron chi connectivity index (χ4n) is 4.30. The van der Waals surface area contributed by atoms with E-state index in [0.717, 1.165) is 40.9 Å². The molecule has 1 atom stereocenters. The summed E-state index contributed by atoms with van der Waals surface area (Å²) in [7, 11) is 0. The lowest BCUT2D eigenvalue weighted by Crippen LogP contribution is -2.47. The minimum absolute atomic E-state index is 0.202. The van der Waals surface area contributed by atoms with Gasteiger partial charge < -0.3 is 10.6 Å². The summed E-state index contributed by atoms with van der Waals surface area (Å²) in [5, 5.41) is 0. The number of hydrogen-bond donors (Lipinski definition) is 1. The van der Waals surface area contributed by atoms with Crippen LogP contribution in [0.2, 0.25) is 0 Å². The third kappa shape index (κ3) is 5.18. The molecule has 2 amide bonds. The second-order valence-corrected chi connectivity index (χ2v) is 10.1. The normalized spacial score (nSPS) is 14.7. The molecule has 0 unspecified atom stereocenters. The lowest BCUT2D eigenvalue weighted by molar-refractivity contribution is -0.128. The van der Waals surface area contributed by atoms with E-state index in [4.69, 9.17) is 5.73 Å². The summed E-state index contributed by atoms with van der Waals surface area (Å²) in [6.07, 6.45) is 1.01. The number of benzene rings is 2. The maximum atomic E-state index is 13.5. The summed E-state index contributed by atoms with van der Waals surface area (Å²) in [5.74, 6) is -0.841. The quantitative estimate of drug-likeness (QED) is 0.753. The molecule has 0 aliphatic carbocycles. The summed E-state index contributed by atoms with van der Waals surface area (Å²) < 4.78 is 13.5. The van der Waals surface area contributed by atoms with Crippen molar-refractivity contribution < 1.29 is 14.0 Å². The van der Waals surface area contributed by atoms with Crippen LogP contribution in [0.3, 0.4) is 0 Å². The van der Waals surface area contributed by atoms with E-state index in [2.05, 4.69) is 4.90 Å². The first-order valence-corrected chi connectivity index (χ1v) is 11.1. The summed E-state index contributed by atoms with van der Waals surface area (Å²) in [6, 6.07) is 8.21. The summed E-state index contributed by atoms with van der Waals surface area (Å²) in [6.45, 7) is 12.8. The van der Waals surface area contributed by atoms with Crippen LogP contribution >= 0.6 is 0 Å². The van der Waals surface area contributed by atoms with Crippen molar-refractivity contribution in [1.29, 1.82) is 0 Å². The zero-order valence-corrected chi connectivity index (χ0v) is 20.0. The van der Waals surface area contributed by atoms with Crippen molar-refractivity contribution >= 4 is 23.2 Å². The van der Waals surface area contributed by atoms with Crippen LogP contribution in [-0.2, 0) is 22.6 Å². The second kappa shape index (κ2) is 9.02. The van der Waals surface area contributed by atoms with Crippen molar-refractivity contribution in [3.63, 3.8) is 0 Å². The number of fused-ring (bicyclic) bond motifs is 1. The Balaban J connectivity index is 1.96. The van der Waals surface area contributed by atoms with Crippen molar-refractivity contribution in [3.05, 3.63) is 58.4 Å². The van der Waals surface area contributed by atoms with Crippen molar-refractivity contribution in [3.8, 4) is 0 Å². The molecule has 32 heavy (non-hydrogen) atoms. The molecule has 0 fully saturated rings. The number of nitrogens with zero attached hydrogens (tertiary/aromatic N) is 2. The van der Waals surface area contributed by atoms with E-state index in [1.54, 1.807) is 13.0 Å². The van der Waals surface area contributed by atoms with Gasteiger partial charge in [-0.1, -0.05) is 26.8 Å². The zero-order chi connectivity index (χ0) is 23.8. The van der Waals surface area contributed by atoms with Crippen molar-refractivity contribution in [2.75, 3.05) is 16.3 Å². The zero-order valence-electron chi connectivity index (χ0n) is 20.0. The van der Waals surface area contributed by atoms with Crippen LogP contribution in [0.4, 0.5) is 15.8 Å². The Kier molecular flexibility index (Phi) is 6.75. The standard InChI is InChI=1S/C26H34FN3O2/c1-16-11-22(29-10-9-19-13-21(27)8-7-20(19)15-29)12-17(2)24(16)30(25(32)18(3)28)23(31)14-26(4,5)6/h7-8,11-13,18H,9-10,14-15,28H2,1-6H3/t18-/m0/s1. The molecule has 3 rings (SSSR count). The molecule has 0 aromatic heterocycles. The highest BCUT2D eigenvalue weighted by molar-refractivity contribution is 6.17. The van der Waals surface area contributed by atoms with Gasteiger partial charge in [-0.3, -0.25) is 9.59 Å². The van der Waals surface area contributed by atoms with E-state index in [-0.39, 0.29) is 23.6 Å². The Morgan fingerprint density at radius 1 is 1.12 bits per heavy atom. The molecule has 6 heteroatoms. The maximum absolute atomic E-state index is 13.5. The first-order chi connectivity index (χ1) is 14.9. The van der Waals surface area contributed by atoms with E-state index in [0.29, 0.717) is 12.2 Å². The molecule has 2 N–H and O–H groups in total. The van der Waals surface area contributed by atoms with Crippen LogP contribution in [-0.4, -0.2) is 24.4 Å². The molecule has 1 heterocycles. The molecule has 2 aromatic rings. The van der Waals surface area contributed by atoms with E-state index < -0.39 is 11.9 Å². The van der Waals surface area contributed by atoms with Gasteiger partial charge in [0.1, 0.15) is 5.82 Å². The number of amides is 2. The fraction of sp³-hybridized carbons (Fsp3) is 0.462. The van der Waals surface area contributed by atoms with E-state index >= 15 is 0 Å². The molecule has 0 saturated carbocycles. The third-order valence-electron chi connectivity index (χ3n) is 5.79. The Bertz CT molecular complexity index is 1020. The van der Waals surface area contributed by atoms with E-state index in [1.807, 2.05) is 52.8 Å². The summed E-state index contributed by atoms with van der Waals surface area (Å²) >= 11 is 0. The van der Waals surface area contributed by atoms with E-state index in [9.17, 15) is 14.0 Å². The maximum Gasteiger partial charge on any atom is 0.250 e. The number of anilines is 2. The van der Waals surface area contributed by atoms with E-state index in [1.165, 1.54) is 11.0 Å². The minimum Gasteiger partial charge on any atom is -0.367 e. The second-order valence-electron chi connectivity index (χ2n) is 10.1. The molecule has 2 aromatic carbocycles. The largest absolute Gasteiger partial charge is 0.367 e. The number of hydrogen-bond acceptors (Lipinski definition) is 4. The van der Waals surface area contributed by atoms with Crippen molar-refractivity contribution in [2.24, 2.45) is 11.1 Å². The molecular weight excluding hydrogens is 405 g/mol. The first kappa shape index (κ1) is 23.9. The number of aryl methyl sites for hydroxylation is 2. The SMILES string of the molecule is Cc1cc(N2CCc3cc(F)ccc3C2)cc(C)c1N(C(=O)CC(C)(C)C)C(=O)[C@H](C)N. The number of imide groups is 1. The Morgan fingerprint density at radius 3 is 2.31 bits per heavy atom. The van der Waals surface area contributed by atoms with Crippen LogP contribution in [0.1, 0.15) is 56.4 Å². The van der Waals surface area contributed by atoms with Gasteiger partial charge in [-0.15, -0.1) is 0 Å². The van der Waals surface area contributed by atoms with Crippen LogP contribution in [0.15, 0.2) is 30.3 Å². The predicted octanol–water partition coefficient (Wildman–Crippen LogP) is 4.65. The van der Waals surface area contributed by atoms with Crippen molar-refractivity contribution in [2.45, 2.75) is 67.0 Å². The topological polar surface area (TPSA) is 66.6 Å². The lowest BCUT2D eigenvalue weighted by atomic mass is 9.91. The highest BCUT2D eigenvalue weighted by atomic mass is 19.1. The van der Waals surface area contributed by atoms with Crippen LogP contribution < -0.4 is 15.5 Å². The summed E-state index contributed by atoms with van der Waals surface area (Å²) in [4.78, 5) is 29.7. The van der Waals surface area contributed by atoms with Gasteiger partial charge in [0.2, 0.25) is 11.8 Å². The predicted molar refractivity (Wildman–Crippen MR) is 127 cm³/mol. The smallest absolute Gasteiger partial charge is 0.250 e. The van der Waals surface area contributed by atoms with Crippen LogP contribution in [0.25, 0.3) is 0 Å². The van der Waals surface area contributed by atoms with Crippen molar-refractivity contribution in [1.82, 2.24) is 0 Å². The van der Waals surface area contributed by atoms with Crippen LogP contribution in [0, 0.1) is 25.1 Å². The molecule has 0 spiro atoms. The average Bonchev–Trinajstić information content (AvgIpc) is 2.68. The van der Waals surface area contributed by atoms with Gasteiger partial charge in [-0.25, -0.2) is 9.29 Å². The number of rotatable bonds is 4. The molecule has 172 valence electrons. The molecule has 0 radical (unpaired) electrons. The monoisotopic (exact) mass is 439 g/mol. The van der Waals surface area contributed by atoms with Gasteiger partial charge in [0.25, 0.3) is 0 Å². The molecule has 0 saturated heterocycles. The highest BCUT2D eigenvalue weighted by Gasteiger charge is 2.31. The van der Waals surface area contributed by atoms with Gasteiger partial charge in [0, 0.05) is 25.2 Å². The minimum atomic E-state index is -0.781. The molecule has 5 nitrogen and oxygen atoms in total. The highest BCUT2D eigenvalue weighted by Crippen LogP contribution is 2.34. The van der Waals surface area contributed by atoms with Crippen LogP contribution in [0.5, 0.6) is 0 Å². The fourth-order valence-corrected chi connectivity index (χ4v) is 4.30.